The molecule has 27 heavy (non-hydrogen) atoms. The summed E-state index contributed by atoms with van der Waals surface area (Å²) in [5, 5.41) is 18.8. The zero-order valence-corrected chi connectivity index (χ0v) is 16.7. The minimum atomic E-state index is -0.390. The molecule has 1 saturated carbocycles. The van der Waals surface area contributed by atoms with Gasteiger partial charge in [0.15, 0.2) is 5.82 Å². The molecular formula is C19H28N6OS. The van der Waals surface area contributed by atoms with Crippen LogP contribution in [0.2, 0.25) is 0 Å². The summed E-state index contributed by atoms with van der Waals surface area (Å²) in [6, 6.07) is 4.60. The average Bonchev–Trinajstić information content (AvgIpc) is 3.47. The van der Waals surface area contributed by atoms with Gasteiger partial charge in [0.2, 0.25) is 5.91 Å². The molecule has 2 aromatic rings. The van der Waals surface area contributed by atoms with E-state index in [2.05, 4.69) is 38.4 Å². The number of carbonyl (C=O) groups is 1. The second-order valence-electron chi connectivity index (χ2n) is 7.67. The number of amides is 1. The third kappa shape index (κ3) is 3.78. The Bertz CT molecular complexity index is 754. The monoisotopic (exact) mass is 388 g/mol. The summed E-state index contributed by atoms with van der Waals surface area (Å²) in [4.78, 5) is 15.7. The van der Waals surface area contributed by atoms with Gasteiger partial charge in [-0.15, -0.1) is 16.4 Å². The van der Waals surface area contributed by atoms with Crippen molar-refractivity contribution in [3.8, 4) is 0 Å². The number of thiophene rings is 1. The molecule has 0 aromatic carbocycles. The van der Waals surface area contributed by atoms with E-state index in [1.165, 1.54) is 17.7 Å². The molecule has 4 rings (SSSR count). The minimum Gasteiger partial charge on any atom is -0.340 e. The Labute approximate surface area is 164 Å². The highest BCUT2D eigenvalue weighted by Gasteiger charge is 2.43. The fraction of sp³-hybridized carbons (Fsp3) is 0.684. The lowest BCUT2D eigenvalue weighted by Crippen LogP contribution is -2.57. The lowest BCUT2D eigenvalue weighted by Gasteiger charge is -2.42. The highest BCUT2D eigenvalue weighted by atomic mass is 32.1. The normalized spacial score (nSPS) is 23.8. The van der Waals surface area contributed by atoms with Crippen molar-refractivity contribution in [1.29, 1.82) is 0 Å². The number of nitrogens with zero attached hydrogens (tertiary/aromatic N) is 5. The number of hydrogen-bond donors (Lipinski definition) is 1. The Hall–Kier alpha value is -1.80. The van der Waals surface area contributed by atoms with Gasteiger partial charge in [0.25, 0.3) is 0 Å². The van der Waals surface area contributed by atoms with E-state index in [1.807, 2.05) is 16.5 Å². The number of carbonyl (C=O) groups excluding carboxylic acids is 1. The maximum absolute atomic E-state index is 12.4. The van der Waals surface area contributed by atoms with Gasteiger partial charge in [-0.3, -0.25) is 10.1 Å². The van der Waals surface area contributed by atoms with Crippen molar-refractivity contribution in [2.24, 2.45) is 0 Å². The van der Waals surface area contributed by atoms with Gasteiger partial charge in [0.1, 0.15) is 0 Å². The average molecular weight is 389 g/mol. The van der Waals surface area contributed by atoms with Crippen LogP contribution in [-0.4, -0.2) is 44.1 Å². The number of rotatable bonds is 6. The molecule has 2 aliphatic rings. The molecule has 1 aliphatic heterocycles. The van der Waals surface area contributed by atoms with Crippen LogP contribution < -0.4 is 5.32 Å². The third-order valence-electron chi connectivity index (χ3n) is 5.92. The third-order valence-corrected chi connectivity index (χ3v) is 6.80. The predicted octanol–water partition coefficient (Wildman–Crippen LogP) is 2.87. The van der Waals surface area contributed by atoms with Gasteiger partial charge in [-0.25, -0.2) is 4.68 Å². The van der Waals surface area contributed by atoms with E-state index >= 15 is 0 Å². The van der Waals surface area contributed by atoms with Crippen molar-refractivity contribution in [1.82, 2.24) is 30.4 Å². The Morgan fingerprint density at radius 3 is 2.96 bits per heavy atom. The highest BCUT2D eigenvalue weighted by molar-refractivity contribution is 7.09. The van der Waals surface area contributed by atoms with Crippen LogP contribution in [0.4, 0.5) is 0 Å². The summed E-state index contributed by atoms with van der Waals surface area (Å²) in [5.41, 5.74) is -0.390. The fourth-order valence-corrected chi connectivity index (χ4v) is 5.12. The molecule has 1 N–H and O–H groups in total. The second kappa shape index (κ2) is 8.06. The zero-order valence-electron chi connectivity index (χ0n) is 15.9. The van der Waals surface area contributed by atoms with Crippen LogP contribution in [0.3, 0.4) is 0 Å². The van der Waals surface area contributed by atoms with Crippen molar-refractivity contribution >= 4 is 17.2 Å². The number of nitrogens with one attached hydrogen (secondary N) is 1. The van der Waals surface area contributed by atoms with Crippen molar-refractivity contribution in [2.45, 2.75) is 70.0 Å². The Kier molecular flexibility index (Phi) is 5.54. The summed E-state index contributed by atoms with van der Waals surface area (Å²) in [7, 11) is 0. The van der Waals surface area contributed by atoms with Crippen LogP contribution >= 0.6 is 11.3 Å². The Balaban J connectivity index is 1.65. The van der Waals surface area contributed by atoms with Gasteiger partial charge in [-0.2, -0.15) is 0 Å². The zero-order chi connectivity index (χ0) is 18.7. The standard InChI is InChI=1S/C19H28N6OS/c1-2-17(26)24-11-6-10-19(14-24,20-13-16-9-5-12-27-16)18-21-22-23-25(18)15-7-3-4-8-15/h5,9,12,15,20H,2-4,6-8,10-11,13-14H2,1H3. The van der Waals surface area contributed by atoms with Crippen LogP contribution in [0.5, 0.6) is 0 Å². The largest absolute Gasteiger partial charge is 0.340 e. The van der Waals surface area contributed by atoms with Gasteiger partial charge < -0.3 is 4.90 Å². The molecular weight excluding hydrogens is 360 g/mol. The van der Waals surface area contributed by atoms with E-state index in [9.17, 15) is 4.79 Å². The van der Waals surface area contributed by atoms with Gasteiger partial charge in [-0.1, -0.05) is 25.8 Å². The first-order valence-electron chi connectivity index (χ1n) is 10.1. The maximum atomic E-state index is 12.4. The first-order chi connectivity index (χ1) is 13.2. The first-order valence-corrected chi connectivity index (χ1v) is 10.9. The fourth-order valence-electron chi connectivity index (χ4n) is 4.47. The van der Waals surface area contributed by atoms with E-state index in [0.29, 0.717) is 19.0 Å². The Morgan fingerprint density at radius 1 is 1.37 bits per heavy atom. The van der Waals surface area contributed by atoms with Gasteiger partial charge in [0.05, 0.1) is 11.6 Å². The van der Waals surface area contributed by atoms with Crippen molar-refractivity contribution < 1.29 is 4.79 Å². The molecule has 8 heteroatoms. The molecule has 2 fully saturated rings. The van der Waals surface area contributed by atoms with Crippen molar-refractivity contribution in [3.05, 3.63) is 28.2 Å². The van der Waals surface area contributed by atoms with E-state index in [0.717, 1.165) is 44.6 Å². The Morgan fingerprint density at radius 2 is 2.22 bits per heavy atom. The van der Waals surface area contributed by atoms with Crippen LogP contribution in [0.1, 0.15) is 68.6 Å². The number of likely N-dealkylation sites (tertiary alicyclic amines) is 1. The smallest absolute Gasteiger partial charge is 0.222 e. The van der Waals surface area contributed by atoms with E-state index < -0.39 is 0 Å². The summed E-state index contributed by atoms with van der Waals surface area (Å²) in [6.07, 6.45) is 7.18. The molecule has 7 nitrogen and oxygen atoms in total. The van der Waals surface area contributed by atoms with Crippen LogP contribution in [0.25, 0.3) is 0 Å². The van der Waals surface area contributed by atoms with Crippen LogP contribution in [-0.2, 0) is 16.9 Å². The molecule has 0 radical (unpaired) electrons. The molecule has 1 amide bonds. The van der Waals surface area contributed by atoms with E-state index in [1.54, 1.807) is 11.3 Å². The number of aromatic nitrogens is 4. The SMILES string of the molecule is CCC(=O)N1CCCC(NCc2cccs2)(c2nnnn2C2CCCC2)C1. The number of tetrazole rings is 1. The predicted molar refractivity (Wildman–Crippen MR) is 104 cm³/mol. The van der Waals surface area contributed by atoms with Crippen LogP contribution in [0.15, 0.2) is 17.5 Å². The molecule has 1 aliphatic carbocycles. The molecule has 1 saturated heterocycles. The van der Waals surface area contributed by atoms with E-state index in [-0.39, 0.29) is 11.4 Å². The highest BCUT2D eigenvalue weighted by Crippen LogP contribution is 2.36. The topological polar surface area (TPSA) is 75.9 Å². The summed E-state index contributed by atoms with van der Waals surface area (Å²) in [6.45, 7) is 4.15. The summed E-state index contributed by atoms with van der Waals surface area (Å²) in [5.74, 6) is 1.11. The molecule has 1 unspecified atom stereocenters. The van der Waals surface area contributed by atoms with Crippen LogP contribution in [0, 0.1) is 0 Å². The number of piperidine rings is 1. The lowest BCUT2D eigenvalue weighted by molar-refractivity contribution is -0.133. The van der Waals surface area contributed by atoms with Crippen molar-refractivity contribution in [2.75, 3.05) is 13.1 Å². The molecule has 0 spiro atoms. The maximum Gasteiger partial charge on any atom is 0.222 e. The van der Waals surface area contributed by atoms with Gasteiger partial charge in [0, 0.05) is 30.9 Å². The summed E-state index contributed by atoms with van der Waals surface area (Å²) >= 11 is 1.75. The molecule has 1 atom stereocenters. The van der Waals surface area contributed by atoms with E-state index in [4.69, 9.17) is 0 Å². The first kappa shape index (κ1) is 18.6. The van der Waals surface area contributed by atoms with Gasteiger partial charge in [-0.05, 0) is 47.6 Å². The van der Waals surface area contributed by atoms with Gasteiger partial charge >= 0.3 is 0 Å². The molecule has 3 heterocycles. The number of hydrogen-bond acceptors (Lipinski definition) is 6. The quantitative estimate of drug-likeness (QED) is 0.823. The molecule has 2 aromatic heterocycles. The lowest BCUT2D eigenvalue weighted by atomic mass is 9.87. The molecule has 146 valence electrons. The summed E-state index contributed by atoms with van der Waals surface area (Å²) < 4.78 is 2.05. The molecule has 0 bridgehead atoms. The van der Waals surface area contributed by atoms with Crippen molar-refractivity contribution in [3.63, 3.8) is 0 Å². The second-order valence-corrected chi connectivity index (χ2v) is 8.71. The minimum absolute atomic E-state index is 0.205.